The molecule has 0 unspecified atom stereocenters. The van der Waals surface area contributed by atoms with Crippen molar-refractivity contribution in [2.24, 2.45) is 0 Å². The zero-order valence-corrected chi connectivity index (χ0v) is 16.1. The second-order valence-corrected chi connectivity index (χ2v) is 7.99. The molecule has 0 bridgehead atoms. The first-order valence-corrected chi connectivity index (χ1v) is 8.87. The Morgan fingerprint density at radius 1 is 1.16 bits per heavy atom. The molecule has 0 amide bonds. The van der Waals surface area contributed by atoms with Gasteiger partial charge in [0.05, 0.1) is 0 Å². The van der Waals surface area contributed by atoms with Crippen molar-refractivity contribution in [3.05, 3.63) is 42.5 Å². The van der Waals surface area contributed by atoms with Crippen LogP contribution in [0.5, 0.6) is 0 Å². The second kappa shape index (κ2) is 13.4. The largest absolute Gasteiger partial charge is 0.323 e. The summed E-state index contributed by atoms with van der Waals surface area (Å²) in [5.74, 6) is 0. The Morgan fingerprint density at radius 2 is 1.84 bits per heavy atom. The molecule has 0 aliphatic heterocycles. The first-order valence-electron chi connectivity index (χ1n) is 6.41. The predicted molar refractivity (Wildman–Crippen MR) is 87.0 cm³/mol. The molecular formula is C15H25Cl2NZr. The van der Waals surface area contributed by atoms with E-state index in [1.807, 2.05) is 17.4 Å². The normalized spacial score (nSPS) is 15.2. The molecule has 0 radical (unpaired) electrons. The van der Waals surface area contributed by atoms with Crippen molar-refractivity contribution >= 4 is 24.8 Å². The van der Waals surface area contributed by atoms with Crippen LogP contribution in [0, 0.1) is 0 Å². The third-order valence-electron chi connectivity index (χ3n) is 2.63. The van der Waals surface area contributed by atoms with E-state index in [0.29, 0.717) is 0 Å². The fraction of sp³-hybridized carbons (Fsp3) is 0.467. The minimum Gasteiger partial charge on any atom is -0.323 e. The van der Waals surface area contributed by atoms with Crippen molar-refractivity contribution in [1.82, 2.24) is 5.32 Å². The Labute approximate surface area is 142 Å². The van der Waals surface area contributed by atoms with Gasteiger partial charge in [0.1, 0.15) is 0 Å². The summed E-state index contributed by atoms with van der Waals surface area (Å²) in [6.45, 7) is 2.28. The molecule has 4 heteroatoms. The van der Waals surface area contributed by atoms with Gasteiger partial charge < -0.3 is 5.32 Å². The van der Waals surface area contributed by atoms with Crippen LogP contribution in [0.15, 0.2) is 42.5 Å². The molecule has 108 valence electrons. The second-order valence-electron chi connectivity index (χ2n) is 4.31. The van der Waals surface area contributed by atoms with Crippen LogP contribution in [-0.4, -0.2) is 14.1 Å². The van der Waals surface area contributed by atoms with E-state index in [-0.39, 0.29) is 48.0 Å². The Balaban J connectivity index is 0. The van der Waals surface area contributed by atoms with Gasteiger partial charge in [0, 0.05) is 0 Å². The van der Waals surface area contributed by atoms with Gasteiger partial charge in [0.15, 0.2) is 0 Å². The SMILES string of the molecule is CCCC1=[C]([Zr][C]2=CC=CC2)CC=C1.CNC.Cl.Cl. The first-order chi connectivity index (χ1) is 8.31. The van der Waals surface area contributed by atoms with Crippen LogP contribution in [0.2, 0.25) is 0 Å². The molecule has 1 nitrogen and oxygen atoms in total. The molecule has 2 aliphatic rings. The van der Waals surface area contributed by atoms with Gasteiger partial charge in [-0.05, 0) is 14.1 Å². The molecule has 0 aromatic carbocycles. The molecule has 0 heterocycles. The first kappa shape index (κ1) is 21.7. The summed E-state index contributed by atoms with van der Waals surface area (Å²) in [4.78, 5) is 0. The molecule has 0 saturated heterocycles. The molecule has 2 aliphatic carbocycles. The predicted octanol–water partition coefficient (Wildman–Crippen LogP) is 4.61. The fourth-order valence-electron chi connectivity index (χ4n) is 1.92. The monoisotopic (exact) mass is 379 g/mol. The van der Waals surface area contributed by atoms with E-state index < -0.39 is 0 Å². The van der Waals surface area contributed by atoms with Crippen molar-refractivity contribution in [3.63, 3.8) is 0 Å². The van der Waals surface area contributed by atoms with E-state index in [4.69, 9.17) is 0 Å². The third-order valence-corrected chi connectivity index (χ3v) is 6.36. The van der Waals surface area contributed by atoms with E-state index in [9.17, 15) is 0 Å². The average Bonchev–Trinajstić information content (AvgIpc) is 2.94. The van der Waals surface area contributed by atoms with E-state index >= 15 is 0 Å². The van der Waals surface area contributed by atoms with Crippen molar-refractivity contribution < 1.29 is 23.2 Å². The van der Waals surface area contributed by atoms with Crippen LogP contribution in [-0.2, 0) is 23.2 Å². The van der Waals surface area contributed by atoms with Crippen molar-refractivity contribution in [2.75, 3.05) is 14.1 Å². The molecule has 2 rings (SSSR count). The molecular weight excluding hydrogens is 356 g/mol. The van der Waals surface area contributed by atoms with Gasteiger partial charge in [0.2, 0.25) is 0 Å². The zero-order valence-electron chi connectivity index (χ0n) is 12.0. The number of halogens is 2. The quantitative estimate of drug-likeness (QED) is 0.750. The number of allylic oxidation sites excluding steroid dienone is 8. The molecule has 0 fully saturated rings. The van der Waals surface area contributed by atoms with Gasteiger partial charge in [-0.3, -0.25) is 0 Å². The number of hydrogen-bond acceptors (Lipinski definition) is 1. The fourth-order valence-corrected chi connectivity index (χ4v) is 5.30. The summed E-state index contributed by atoms with van der Waals surface area (Å²) in [7, 11) is 3.75. The summed E-state index contributed by atoms with van der Waals surface area (Å²) in [5.41, 5.74) is 1.67. The molecule has 0 atom stereocenters. The van der Waals surface area contributed by atoms with Crippen LogP contribution >= 0.6 is 24.8 Å². The van der Waals surface area contributed by atoms with E-state index in [1.165, 1.54) is 25.7 Å². The minimum atomic E-state index is -0.377. The van der Waals surface area contributed by atoms with E-state index in [0.717, 1.165) is 0 Å². The van der Waals surface area contributed by atoms with Gasteiger partial charge in [0.25, 0.3) is 0 Å². The van der Waals surface area contributed by atoms with Gasteiger partial charge in [-0.2, -0.15) is 0 Å². The van der Waals surface area contributed by atoms with Crippen molar-refractivity contribution in [1.29, 1.82) is 0 Å². The summed E-state index contributed by atoms with van der Waals surface area (Å²) in [6, 6.07) is 0. The van der Waals surface area contributed by atoms with Crippen molar-refractivity contribution in [2.45, 2.75) is 32.6 Å². The molecule has 0 aromatic heterocycles. The molecule has 0 saturated carbocycles. The van der Waals surface area contributed by atoms with Gasteiger partial charge in [-0.15, -0.1) is 24.8 Å². The van der Waals surface area contributed by atoms with Crippen LogP contribution in [0.1, 0.15) is 32.6 Å². The van der Waals surface area contributed by atoms with Crippen LogP contribution in [0.4, 0.5) is 0 Å². The maximum atomic E-state index is 2.75. The van der Waals surface area contributed by atoms with Crippen LogP contribution < -0.4 is 5.32 Å². The van der Waals surface area contributed by atoms with Crippen LogP contribution in [0.25, 0.3) is 0 Å². The maximum Gasteiger partial charge on any atom is -0.0167 e. The maximum absolute atomic E-state index is 2.75. The average molecular weight is 382 g/mol. The molecule has 19 heavy (non-hydrogen) atoms. The van der Waals surface area contributed by atoms with Crippen LogP contribution in [0.3, 0.4) is 0 Å². The third kappa shape index (κ3) is 8.30. The molecule has 0 spiro atoms. The van der Waals surface area contributed by atoms with Gasteiger partial charge >= 0.3 is 98.4 Å². The minimum absolute atomic E-state index is 0. The number of hydrogen-bond donors (Lipinski definition) is 1. The smallest absolute Gasteiger partial charge is 0.0167 e. The Hall–Kier alpha value is 0.383. The zero-order chi connectivity index (χ0) is 12.5. The summed E-state index contributed by atoms with van der Waals surface area (Å²) >= 11 is -0.377. The van der Waals surface area contributed by atoms with E-state index in [2.05, 4.69) is 42.6 Å². The number of rotatable bonds is 4. The Kier molecular flexibility index (Phi) is 15.3. The van der Waals surface area contributed by atoms with Gasteiger partial charge in [-0.1, -0.05) is 0 Å². The molecule has 1 N–H and O–H groups in total. The summed E-state index contributed by atoms with van der Waals surface area (Å²) in [6.07, 6.45) is 16.7. The Morgan fingerprint density at radius 3 is 2.37 bits per heavy atom. The van der Waals surface area contributed by atoms with E-state index in [1.54, 1.807) is 8.85 Å². The number of nitrogens with one attached hydrogen (secondary N) is 1. The summed E-state index contributed by atoms with van der Waals surface area (Å²) in [5, 5.41) is 2.75. The summed E-state index contributed by atoms with van der Waals surface area (Å²) < 4.78 is 3.58. The topological polar surface area (TPSA) is 12.0 Å². The Bertz CT molecular complexity index is 357. The van der Waals surface area contributed by atoms with Gasteiger partial charge in [-0.25, -0.2) is 0 Å². The molecule has 0 aromatic rings. The standard InChI is InChI=1S/C8H11.C5H5.C2H7N.2ClH.Zr/c1-2-5-8-6-3-4-7-8;1-2-4-5-3-1;1-3-2;;;/h3,6H,2,4-5H2,1H3;1-3H,4H2;3H,1-2H3;2*1H;. The van der Waals surface area contributed by atoms with Crippen molar-refractivity contribution in [3.8, 4) is 0 Å².